The molecular formula is C4H10O7S2. The Balaban J connectivity index is 4.35. The average molecular weight is 234 g/mol. The van der Waals surface area contributed by atoms with Crippen LogP contribution in [0.25, 0.3) is 0 Å². The fourth-order valence-corrected chi connectivity index (χ4v) is 1.66. The molecular weight excluding hydrogens is 224 g/mol. The van der Waals surface area contributed by atoms with Gasteiger partial charge in [-0.1, -0.05) is 6.92 Å². The molecule has 0 aliphatic heterocycles. The van der Waals surface area contributed by atoms with E-state index < -0.39 is 31.6 Å². The molecule has 9 heteroatoms. The molecule has 7 nitrogen and oxygen atoms in total. The maximum absolute atomic E-state index is 10.4. The summed E-state index contributed by atoms with van der Waals surface area (Å²) in [6, 6.07) is 0. The number of hydrogen-bond acceptors (Lipinski definition) is 5. The van der Waals surface area contributed by atoms with Gasteiger partial charge in [0.25, 0.3) is 20.2 Å². The van der Waals surface area contributed by atoms with Gasteiger partial charge in [-0.3, -0.25) is 9.11 Å². The van der Waals surface area contributed by atoms with E-state index in [0.717, 1.165) is 0 Å². The molecule has 0 aliphatic rings. The zero-order chi connectivity index (χ0) is 10.7. The second-order valence-corrected chi connectivity index (χ2v) is 5.17. The van der Waals surface area contributed by atoms with Gasteiger partial charge in [0, 0.05) is 0 Å². The summed E-state index contributed by atoms with van der Waals surface area (Å²) in [5, 5.41) is 0. The SMILES string of the molecule is CCC(OCS(=O)(=O)O)S(=O)(=O)O. The summed E-state index contributed by atoms with van der Waals surface area (Å²) in [7, 11) is -8.82. The summed E-state index contributed by atoms with van der Waals surface area (Å²) in [6.45, 7) is 1.38. The van der Waals surface area contributed by atoms with Crippen LogP contribution in [0.15, 0.2) is 0 Å². The first-order valence-electron chi connectivity index (χ1n) is 3.20. The Morgan fingerprint density at radius 1 is 1.23 bits per heavy atom. The van der Waals surface area contributed by atoms with Crippen LogP contribution >= 0.6 is 0 Å². The smallest absolute Gasteiger partial charge is 0.292 e. The molecule has 0 aromatic rings. The van der Waals surface area contributed by atoms with E-state index in [-0.39, 0.29) is 6.42 Å². The minimum absolute atomic E-state index is 0.117. The predicted octanol–water partition coefficient (Wildman–Crippen LogP) is -0.528. The van der Waals surface area contributed by atoms with Crippen molar-refractivity contribution in [3.8, 4) is 0 Å². The molecule has 0 aromatic carbocycles. The van der Waals surface area contributed by atoms with Gasteiger partial charge in [-0.15, -0.1) is 0 Å². The van der Waals surface area contributed by atoms with Gasteiger partial charge in [-0.25, -0.2) is 0 Å². The minimum Gasteiger partial charge on any atom is -0.341 e. The first kappa shape index (κ1) is 12.8. The number of hydrogen-bond donors (Lipinski definition) is 2. The first-order chi connectivity index (χ1) is 5.67. The molecule has 0 fully saturated rings. The van der Waals surface area contributed by atoms with Gasteiger partial charge >= 0.3 is 0 Å². The van der Waals surface area contributed by atoms with Gasteiger partial charge in [0.1, 0.15) is 0 Å². The molecule has 1 atom stereocenters. The second-order valence-electron chi connectivity index (χ2n) is 2.22. The topological polar surface area (TPSA) is 118 Å². The molecule has 1 unspecified atom stereocenters. The molecule has 0 saturated heterocycles. The fraction of sp³-hybridized carbons (Fsp3) is 1.00. The first-order valence-corrected chi connectivity index (χ1v) is 6.31. The molecule has 2 N–H and O–H groups in total. The van der Waals surface area contributed by atoms with Crippen molar-refractivity contribution in [2.75, 3.05) is 5.94 Å². The Morgan fingerprint density at radius 3 is 1.92 bits per heavy atom. The predicted molar refractivity (Wildman–Crippen MR) is 43.1 cm³/mol. The normalized spacial score (nSPS) is 15.6. The highest BCUT2D eigenvalue weighted by Crippen LogP contribution is 2.06. The van der Waals surface area contributed by atoms with Gasteiger partial charge in [0.2, 0.25) is 0 Å². The van der Waals surface area contributed by atoms with E-state index in [1.165, 1.54) is 6.92 Å². The van der Waals surface area contributed by atoms with E-state index in [2.05, 4.69) is 4.74 Å². The fourth-order valence-electron chi connectivity index (χ4n) is 0.576. The van der Waals surface area contributed by atoms with Crippen LogP contribution in [0.5, 0.6) is 0 Å². The monoisotopic (exact) mass is 234 g/mol. The van der Waals surface area contributed by atoms with E-state index in [4.69, 9.17) is 9.11 Å². The molecule has 0 bridgehead atoms. The summed E-state index contributed by atoms with van der Waals surface area (Å²) in [6.07, 6.45) is -0.117. The summed E-state index contributed by atoms with van der Waals surface area (Å²) < 4.78 is 62.0. The standard InChI is InChI=1S/C4H10O7S2/c1-2-4(13(8,9)10)11-3-12(5,6)7/h4H,2-3H2,1H3,(H,5,6,7)(H,8,9,10). The molecule has 0 saturated carbocycles. The maximum atomic E-state index is 10.4. The number of rotatable bonds is 5. The molecule has 0 amide bonds. The van der Waals surface area contributed by atoms with Gasteiger partial charge in [-0.05, 0) is 6.42 Å². The third kappa shape index (κ3) is 5.93. The van der Waals surface area contributed by atoms with Gasteiger partial charge < -0.3 is 4.74 Å². The van der Waals surface area contributed by atoms with Crippen molar-refractivity contribution in [2.24, 2.45) is 0 Å². The van der Waals surface area contributed by atoms with Crippen LogP contribution in [0.2, 0.25) is 0 Å². The summed E-state index contributed by atoms with van der Waals surface area (Å²) in [5.74, 6) is -1.16. The summed E-state index contributed by atoms with van der Waals surface area (Å²) in [4.78, 5) is 0. The van der Waals surface area contributed by atoms with Crippen LogP contribution in [-0.2, 0) is 25.0 Å². The van der Waals surface area contributed by atoms with Crippen LogP contribution in [-0.4, -0.2) is 37.3 Å². The average Bonchev–Trinajstić information content (AvgIpc) is 1.82. The van der Waals surface area contributed by atoms with Crippen molar-refractivity contribution in [3.05, 3.63) is 0 Å². The largest absolute Gasteiger partial charge is 0.341 e. The molecule has 13 heavy (non-hydrogen) atoms. The summed E-state index contributed by atoms with van der Waals surface area (Å²) >= 11 is 0. The highest BCUT2D eigenvalue weighted by Gasteiger charge is 2.23. The van der Waals surface area contributed by atoms with Gasteiger partial charge in [-0.2, -0.15) is 16.8 Å². The molecule has 0 aromatic heterocycles. The van der Waals surface area contributed by atoms with Crippen molar-refractivity contribution >= 4 is 20.2 Å². The molecule has 0 radical (unpaired) electrons. The summed E-state index contributed by atoms with van der Waals surface area (Å²) in [5.41, 5.74) is -1.63. The van der Waals surface area contributed by atoms with E-state index >= 15 is 0 Å². The van der Waals surface area contributed by atoms with E-state index in [1.54, 1.807) is 0 Å². The van der Waals surface area contributed by atoms with E-state index in [9.17, 15) is 16.8 Å². The lowest BCUT2D eigenvalue weighted by atomic mass is 10.5. The van der Waals surface area contributed by atoms with Gasteiger partial charge in [0.15, 0.2) is 11.4 Å². The number of ether oxygens (including phenoxy) is 1. The van der Waals surface area contributed by atoms with Crippen molar-refractivity contribution in [2.45, 2.75) is 18.8 Å². The molecule has 0 aliphatic carbocycles. The van der Waals surface area contributed by atoms with Crippen LogP contribution in [0.4, 0.5) is 0 Å². The Hall–Kier alpha value is -0.220. The van der Waals surface area contributed by atoms with E-state index in [0.29, 0.717) is 0 Å². The van der Waals surface area contributed by atoms with Crippen molar-refractivity contribution in [1.29, 1.82) is 0 Å². The quantitative estimate of drug-likeness (QED) is 0.614. The molecule has 0 heterocycles. The van der Waals surface area contributed by atoms with Crippen molar-refractivity contribution in [3.63, 3.8) is 0 Å². The Morgan fingerprint density at radius 2 is 1.69 bits per heavy atom. The van der Waals surface area contributed by atoms with Crippen LogP contribution in [0.3, 0.4) is 0 Å². The Bertz CT molecular complexity index is 339. The molecule has 80 valence electrons. The zero-order valence-electron chi connectivity index (χ0n) is 6.74. The van der Waals surface area contributed by atoms with Gasteiger partial charge in [0.05, 0.1) is 0 Å². The van der Waals surface area contributed by atoms with Crippen LogP contribution in [0, 0.1) is 0 Å². The molecule has 0 spiro atoms. The van der Waals surface area contributed by atoms with Crippen LogP contribution in [0.1, 0.15) is 13.3 Å². The Labute approximate surface area is 76.2 Å². The third-order valence-electron chi connectivity index (χ3n) is 1.07. The minimum atomic E-state index is -4.44. The lowest BCUT2D eigenvalue weighted by Gasteiger charge is -2.10. The lowest BCUT2D eigenvalue weighted by Crippen LogP contribution is -2.25. The highest BCUT2D eigenvalue weighted by molar-refractivity contribution is 7.86. The third-order valence-corrected chi connectivity index (χ3v) is 2.64. The maximum Gasteiger partial charge on any atom is 0.292 e. The molecule has 0 rings (SSSR count). The van der Waals surface area contributed by atoms with Crippen molar-refractivity contribution in [1.82, 2.24) is 0 Å². The van der Waals surface area contributed by atoms with Crippen molar-refractivity contribution < 1.29 is 30.7 Å². The van der Waals surface area contributed by atoms with Crippen LogP contribution < -0.4 is 0 Å². The second kappa shape index (κ2) is 4.33. The highest BCUT2D eigenvalue weighted by atomic mass is 32.2. The van der Waals surface area contributed by atoms with E-state index in [1.807, 2.05) is 0 Å². The lowest BCUT2D eigenvalue weighted by molar-refractivity contribution is 0.129. The Kier molecular flexibility index (Phi) is 4.26. The zero-order valence-corrected chi connectivity index (χ0v) is 8.38.